The lowest BCUT2D eigenvalue weighted by molar-refractivity contribution is -0.139. The molecule has 1 aliphatic carbocycles. The Morgan fingerprint density at radius 2 is 1.76 bits per heavy atom. The van der Waals surface area contributed by atoms with E-state index in [1.54, 1.807) is 0 Å². The Labute approximate surface area is 103 Å². The van der Waals surface area contributed by atoms with Crippen molar-refractivity contribution in [1.82, 2.24) is 5.32 Å². The maximum atomic E-state index is 11.9. The van der Waals surface area contributed by atoms with Crippen molar-refractivity contribution in [3.63, 3.8) is 0 Å². The van der Waals surface area contributed by atoms with E-state index in [0.29, 0.717) is 6.42 Å². The molecule has 1 saturated carbocycles. The highest BCUT2D eigenvalue weighted by Crippen LogP contribution is 2.33. The van der Waals surface area contributed by atoms with Crippen LogP contribution in [0, 0.1) is 5.41 Å². The maximum absolute atomic E-state index is 11.9. The summed E-state index contributed by atoms with van der Waals surface area (Å²) < 4.78 is 0. The fourth-order valence-electron chi connectivity index (χ4n) is 2.51. The van der Waals surface area contributed by atoms with Crippen molar-refractivity contribution in [1.29, 1.82) is 0 Å². The molecule has 2 N–H and O–H groups in total. The molecule has 98 valence electrons. The molecular formula is C13H23NO3. The zero-order chi connectivity index (χ0) is 13.1. The van der Waals surface area contributed by atoms with Gasteiger partial charge in [-0.3, -0.25) is 9.59 Å². The average molecular weight is 241 g/mol. The highest BCUT2D eigenvalue weighted by Gasteiger charge is 2.37. The quantitative estimate of drug-likeness (QED) is 0.793. The molecule has 0 spiro atoms. The van der Waals surface area contributed by atoms with Gasteiger partial charge in [-0.25, -0.2) is 0 Å². The Hall–Kier alpha value is -1.06. The van der Waals surface area contributed by atoms with Crippen LogP contribution in [0.15, 0.2) is 0 Å². The Morgan fingerprint density at radius 1 is 1.24 bits per heavy atom. The molecule has 4 nitrogen and oxygen atoms in total. The summed E-state index contributed by atoms with van der Waals surface area (Å²) in [5.74, 6) is -0.858. The molecular weight excluding hydrogens is 218 g/mol. The first kappa shape index (κ1) is 14.0. The zero-order valence-electron chi connectivity index (χ0n) is 11.0. The Morgan fingerprint density at radius 3 is 2.18 bits per heavy atom. The van der Waals surface area contributed by atoms with Gasteiger partial charge in [0.25, 0.3) is 0 Å². The minimum Gasteiger partial charge on any atom is -0.481 e. The van der Waals surface area contributed by atoms with Gasteiger partial charge in [0, 0.05) is 6.42 Å². The first-order chi connectivity index (χ1) is 7.72. The molecule has 0 aromatic carbocycles. The van der Waals surface area contributed by atoms with Gasteiger partial charge < -0.3 is 10.4 Å². The third-order valence-corrected chi connectivity index (χ3v) is 3.15. The van der Waals surface area contributed by atoms with E-state index in [1.807, 2.05) is 20.8 Å². The highest BCUT2D eigenvalue weighted by molar-refractivity contribution is 5.79. The average Bonchev–Trinajstić information content (AvgIpc) is 2.47. The van der Waals surface area contributed by atoms with E-state index < -0.39 is 11.5 Å². The predicted molar refractivity (Wildman–Crippen MR) is 65.7 cm³/mol. The molecule has 4 heteroatoms. The molecule has 0 atom stereocenters. The largest absolute Gasteiger partial charge is 0.481 e. The number of aliphatic carboxylic acids is 1. The molecule has 0 heterocycles. The smallest absolute Gasteiger partial charge is 0.305 e. The number of carboxylic acids is 1. The van der Waals surface area contributed by atoms with Crippen LogP contribution < -0.4 is 5.32 Å². The van der Waals surface area contributed by atoms with Crippen molar-refractivity contribution >= 4 is 11.9 Å². The van der Waals surface area contributed by atoms with Gasteiger partial charge in [0.1, 0.15) is 0 Å². The van der Waals surface area contributed by atoms with Crippen LogP contribution in [0.3, 0.4) is 0 Å². The van der Waals surface area contributed by atoms with E-state index in [2.05, 4.69) is 5.32 Å². The summed E-state index contributed by atoms with van der Waals surface area (Å²) in [4.78, 5) is 22.8. The van der Waals surface area contributed by atoms with Crippen molar-refractivity contribution in [2.75, 3.05) is 0 Å². The first-order valence-electron chi connectivity index (χ1n) is 6.25. The van der Waals surface area contributed by atoms with Gasteiger partial charge in [0.15, 0.2) is 0 Å². The molecule has 0 aromatic heterocycles. The minimum absolute atomic E-state index is 0.0272. The summed E-state index contributed by atoms with van der Waals surface area (Å²) in [6, 6.07) is 0. The molecule has 0 radical (unpaired) electrons. The lowest BCUT2D eigenvalue weighted by Gasteiger charge is -2.30. The van der Waals surface area contributed by atoms with Crippen molar-refractivity contribution in [3.8, 4) is 0 Å². The van der Waals surface area contributed by atoms with Crippen LogP contribution in [-0.2, 0) is 9.59 Å². The number of nitrogens with one attached hydrogen (secondary N) is 1. The summed E-state index contributed by atoms with van der Waals surface area (Å²) in [5, 5.41) is 11.9. The molecule has 1 fully saturated rings. The van der Waals surface area contributed by atoms with Crippen molar-refractivity contribution < 1.29 is 14.7 Å². The second-order valence-corrected chi connectivity index (χ2v) is 6.34. The fourth-order valence-corrected chi connectivity index (χ4v) is 2.51. The molecule has 1 amide bonds. The number of carbonyl (C=O) groups is 2. The molecule has 0 aliphatic heterocycles. The van der Waals surface area contributed by atoms with Gasteiger partial charge in [-0.05, 0) is 18.3 Å². The fraction of sp³-hybridized carbons (Fsp3) is 0.846. The van der Waals surface area contributed by atoms with Gasteiger partial charge in [-0.2, -0.15) is 0 Å². The van der Waals surface area contributed by atoms with Gasteiger partial charge in [0.05, 0.1) is 12.0 Å². The zero-order valence-corrected chi connectivity index (χ0v) is 11.0. The lowest BCUT2D eigenvalue weighted by Crippen LogP contribution is -2.48. The molecule has 0 aromatic rings. The van der Waals surface area contributed by atoms with E-state index in [9.17, 15) is 9.59 Å². The number of carboxylic acid groups (broad SMARTS) is 1. The first-order valence-corrected chi connectivity index (χ1v) is 6.25. The van der Waals surface area contributed by atoms with E-state index in [1.165, 1.54) is 0 Å². The SMILES string of the molecule is CC(C)(C)CC(=O)NC1(CC(=O)O)CCCC1. The van der Waals surface area contributed by atoms with Crippen molar-refractivity contribution in [2.24, 2.45) is 5.41 Å². The molecule has 17 heavy (non-hydrogen) atoms. The van der Waals surface area contributed by atoms with Gasteiger partial charge in [-0.1, -0.05) is 33.6 Å². The minimum atomic E-state index is -0.831. The predicted octanol–water partition coefficient (Wildman–Crippen LogP) is 2.33. The topological polar surface area (TPSA) is 66.4 Å². The van der Waals surface area contributed by atoms with Crippen LogP contribution in [-0.4, -0.2) is 22.5 Å². The van der Waals surface area contributed by atoms with E-state index in [-0.39, 0.29) is 17.7 Å². The Bertz CT molecular complexity index is 298. The van der Waals surface area contributed by atoms with Crippen LogP contribution in [0.25, 0.3) is 0 Å². The van der Waals surface area contributed by atoms with Gasteiger partial charge in [0.2, 0.25) is 5.91 Å². The summed E-state index contributed by atoms with van der Waals surface area (Å²) in [5.41, 5.74) is -0.554. The lowest BCUT2D eigenvalue weighted by atomic mass is 9.89. The van der Waals surface area contributed by atoms with Gasteiger partial charge >= 0.3 is 5.97 Å². The normalized spacial score (nSPS) is 19.0. The number of hydrogen-bond donors (Lipinski definition) is 2. The monoisotopic (exact) mass is 241 g/mol. The third-order valence-electron chi connectivity index (χ3n) is 3.15. The van der Waals surface area contributed by atoms with Gasteiger partial charge in [-0.15, -0.1) is 0 Å². The second kappa shape index (κ2) is 5.07. The molecule has 0 unspecified atom stereocenters. The molecule has 0 bridgehead atoms. The summed E-state index contributed by atoms with van der Waals surface area (Å²) in [6.07, 6.45) is 4.06. The molecule has 1 aliphatic rings. The van der Waals surface area contributed by atoms with E-state index in [4.69, 9.17) is 5.11 Å². The molecule has 1 rings (SSSR count). The van der Waals surface area contributed by atoms with E-state index in [0.717, 1.165) is 25.7 Å². The van der Waals surface area contributed by atoms with Crippen LogP contribution in [0.5, 0.6) is 0 Å². The van der Waals surface area contributed by atoms with Crippen LogP contribution >= 0.6 is 0 Å². The standard InChI is InChI=1S/C13H23NO3/c1-12(2,3)8-10(15)14-13(9-11(16)17)6-4-5-7-13/h4-9H2,1-3H3,(H,14,15)(H,16,17). The number of rotatable bonds is 4. The second-order valence-electron chi connectivity index (χ2n) is 6.34. The number of hydrogen-bond acceptors (Lipinski definition) is 2. The summed E-state index contributed by atoms with van der Waals surface area (Å²) in [6.45, 7) is 6.02. The molecule has 0 saturated heterocycles. The highest BCUT2D eigenvalue weighted by atomic mass is 16.4. The van der Waals surface area contributed by atoms with E-state index >= 15 is 0 Å². The van der Waals surface area contributed by atoms with Crippen molar-refractivity contribution in [2.45, 2.75) is 64.8 Å². The third kappa shape index (κ3) is 4.75. The van der Waals surface area contributed by atoms with Crippen LogP contribution in [0.1, 0.15) is 59.3 Å². The maximum Gasteiger partial charge on any atom is 0.305 e. The number of carbonyl (C=O) groups excluding carboxylic acids is 1. The Kier molecular flexibility index (Phi) is 4.17. The Balaban J connectivity index is 2.61. The summed E-state index contributed by atoms with van der Waals surface area (Å²) in [7, 11) is 0. The van der Waals surface area contributed by atoms with Crippen molar-refractivity contribution in [3.05, 3.63) is 0 Å². The summed E-state index contributed by atoms with van der Waals surface area (Å²) >= 11 is 0. The number of amides is 1. The van der Waals surface area contributed by atoms with Crippen LogP contribution in [0.4, 0.5) is 0 Å². The van der Waals surface area contributed by atoms with Crippen LogP contribution in [0.2, 0.25) is 0 Å².